The van der Waals surface area contributed by atoms with E-state index in [1.165, 1.54) is 5.56 Å². The second kappa shape index (κ2) is 5.76. The van der Waals surface area contributed by atoms with E-state index in [9.17, 15) is 5.11 Å². The molecule has 0 saturated heterocycles. The standard InChI is InChI=1S/C18H20N4O/c23-18(7-3-5-14-4-1-2-6-16(14)18)13-20-10-15-11-21-17-12-19-8-9-22(15)17/h1-2,4,6,8-9,11-12,20,23H,3,5,7,10,13H2. The molecule has 0 radical (unpaired) electrons. The van der Waals surface area contributed by atoms with Gasteiger partial charge in [-0.3, -0.25) is 9.38 Å². The zero-order valence-electron chi connectivity index (χ0n) is 12.9. The number of aryl methyl sites for hydroxylation is 1. The lowest BCUT2D eigenvalue weighted by Crippen LogP contribution is -2.40. The minimum absolute atomic E-state index is 0.544. The van der Waals surface area contributed by atoms with E-state index in [1.54, 1.807) is 12.4 Å². The van der Waals surface area contributed by atoms with Crippen LogP contribution in [0.4, 0.5) is 0 Å². The Morgan fingerprint density at radius 3 is 3.13 bits per heavy atom. The van der Waals surface area contributed by atoms with Crippen LogP contribution in [-0.4, -0.2) is 26.0 Å². The maximum absolute atomic E-state index is 11.1. The van der Waals surface area contributed by atoms with Gasteiger partial charge in [-0.15, -0.1) is 0 Å². The number of nitrogens with zero attached hydrogens (tertiary/aromatic N) is 3. The van der Waals surface area contributed by atoms with Gasteiger partial charge in [-0.2, -0.15) is 0 Å². The van der Waals surface area contributed by atoms with Crippen molar-refractivity contribution < 1.29 is 5.11 Å². The van der Waals surface area contributed by atoms with Gasteiger partial charge in [0.2, 0.25) is 0 Å². The molecule has 2 heterocycles. The van der Waals surface area contributed by atoms with Crippen LogP contribution < -0.4 is 5.32 Å². The first kappa shape index (κ1) is 14.4. The van der Waals surface area contributed by atoms with Crippen LogP contribution in [0, 0.1) is 0 Å². The Hall–Kier alpha value is -2.24. The third-order valence-corrected chi connectivity index (χ3v) is 4.67. The predicted molar refractivity (Wildman–Crippen MR) is 88.0 cm³/mol. The number of hydrogen-bond donors (Lipinski definition) is 2. The van der Waals surface area contributed by atoms with Crippen molar-refractivity contribution in [2.24, 2.45) is 0 Å². The van der Waals surface area contributed by atoms with Gasteiger partial charge in [0, 0.05) is 25.5 Å². The second-order valence-electron chi connectivity index (χ2n) is 6.20. The number of rotatable bonds is 4. The fourth-order valence-electron chi connectivity index (χ4n) is 3.50. The molecule has 1 atom stereocenters. The third kappa shape index (κ3) is 2.62. The first-order chi connectivity index (χ1) is 11.3. The van der Waals surface area contributed by atoms with Crippen molar-refractivity contribution in [3.05, 3.63) is 65.9 Å². The molecule has 0 spiro atoms. The highest BCUT2D eigenvalue weighted by molar-refractivity contribution is 5.37. The van der Waals surface area contributed by atoms with Gasteiger partial charge in [-0.05, 0) is 30.4 Å². The molecular weight excluding hydrogens is 288 g/mol. The quantitative estimate of drug-likeness (QED) is 0.774. The van der Waals surface area contributed by atoms with Gasteiger partial charge in [0.1, 0.15) is 5.60 Å². The Labute approximate surface area is 135 Å². The van der Waals surface area contributed by atoms with Gasteiger partial charge < -0.3 is 10.4 Å². The fourth-order valence-corrected chi connectivity index (χ4v) is 3.50. The molecule has 4 rings (SSSR count). The molecule has 1 aliphatic carbocycles. The first-order valence-corrected chi connectivity index (χ1v) is 8.04. The van der Waals surface area contributed by atoms with Crippen molar-refractivity contribution in [2.75, 3.05) is 6.54 Å². The van der Waals surface area contributed by atoms with Crippen LogP contribution in [0.5, 0.6) is 0 Å². The largest absolute Gasteiger partial charge is 0.384 e. The van der Waals surface area contributed by atoms with Crippen molar-refractivity contribution in [3.8, 4) is 0 Å². The monoisotopic (exact) mass is 308 g/mol. The Bertz CT molecular complexity index is 829. The summed E-state index contributed by atoms with van der Waals surface area (Å²) in [4.78, 5) is 8.41. The molecule has 0 aliphatic heterocycles. The summed E-state index contributed by atoms with van der Waals surface area (Å²) in [6.07, 6.45) is 10.1. The van der Waals surface area contributed by atoms with Gasteiger partial charge in [0.15, 0.2) is 5.65 Å². The average molecular weight is 308 g/mol. The molecule has 0 saturated carbocycles. The molecule has 2 aromatic heterocycles. The summed E-state index contributed by atoms with van der Waals surface area (Å²) in [5, 5.41) is 14.5. The summed E-state index contributed by atoms with van der Waals surface area (Å²) in [7, 11) is 0. The number of nitrogens with one attached hydrogen (secondary N) is 1. The van der Waals surface area contributed by atoms with Crippen molar-refractivity contribution in [2.45, 2.75) is 31.4 Å². The maximum Gasteiger partial charge on any atom is 0.155 e. The van der Waals surface area contributed by atoms with E-state index >= 15 is 0 Å². The van der Waals surface area contributed by atoms with Crippen LogP contribution in [0.1, 0.15) is 29.7 Å². The van der Waals surface area contributed by atoms with Crippen molar-refractivity contribution in [1.82, 2.24) is 19.7 Å². The van der Waals surface area contributed by atoms with Crippen LogP contribution in [-0.2, 0) is 18.6 Å². The summed E-state index contributed by atoms with van der Waals surface area (Å²) < 4.78 is 2.01. The Morgan fingerprint density at radius 2 is 2.17 bits per heavy atom. The zero-order chi connectivity index (χ0) is 15.7. The minimum Gasteiger partial charge on any atom is -0.384 e. The topological polar surface area (TPSA) is 62.5 Å². The third-order valence-electron chi connectivity index (χ3n) is 4.67. The van der Waals surface area contributed by atoms with Crippen molar-refractivity contribution >= 4 is 5.65 Å². The molecule has 23 heavy (non-hydrogen) atoms. The van der Waals surface area contributed by atoms with E-state index in [0.29, 0.717) is 13.1 Å². The number of hydrogen-bond acceptors (Lipinski definition) is 4. The van der Waals surface area contributed by atoms with Gasteiger partial charge in [0.05, 0.1) is 18.1 Å². The summed E-state index contributed by atoms with van der Waals surface area (Å²) in [6.45, 7) is 1.21. The molecule has 1 aromatic carbocycles. The van der Waals surface area contributed by atoms with Crippen LogP contribution in [0.3, 0.4) is 0 Å². The molecule has 5 heteroatoms. The summed E-state index contributed by atoms with van der Waals surface area (Å²) in [6, 6.07) is 8.23. The second-order valence-corrected chi connectivity index (χ2v) is 6.20. The smallest absolute Gasteiger partial charge is 0.155 e. The highest BCUT2D eigenvalue weighted by Gasteiger charge is 2.33. The van der Waals surface area contributed by atoms with E-state index in [-0.39, 0.29) is 0 Å². The molecule has 0 fully saturated rings. The highest BCUT2D eigenvalue weighted by Crippen LogP contribution is 2.34. The van der Waals surface area contributed by atoms with E-state index in [0.717, 1.165) is 36.2 Å². The maximum atomic E-state index is 11.1. The predicted octanol–water partition coefficient (Wildman–Crippen LogP) is 2.04. The number of benzene rings is 1. The van der Waals surface area contributed by atoms with Gasteiger partial charge in [-0.25, -0.2) is 4.98 Å². The summed E-state index contributed by atoms with van der Waals surface area (Å²) in [5.41, 5.74) is 3.46. The molecule has 0 bridgehead atoms. The van der Waals surface area contributed by atoms with Crippen LogP contribution in [0.2, 0.25) is 0 Å². The summed E-state index contributed by atoms with van der Waals surface area (Å²) in [5.74, 6) is 0. The Balaban J connectivity index is 1.49. The zero-order valence-corrected chi connectivity index (χ0v) is 12.9. The van der Waals surface area contributed by atoms with E-state index in [1.807, 2.05) is 28.9 Å². The Kier molecular flexibility index (Phi) is 3.59. The van der Waals surface area contributed by atoms with Crippen LogP contribution >= 0.6 is 0 Å². The molecule has 0 amide bonds. The van der Waals surface area contributed by atoms with Crippen molar-refractivity contribution in [1.29, 1.82) is 0 Å². The number of fused-ring (bicyclic) bond motifs is 2. The number of imidazole rings is 1. The lowest BCUT2D eigenvalue weighted by atomic mass is 9.79. The highest BCUT2D eigenvalue weighted by atomic mass is 16.3. The lowest BCUT2D eigenvalue weighted by molar-refractivity contribution is 0.0189. The molecular formula is C18H20N4O. The molecule has 1 aliphatic rings. The lowest BCUT2D eigenvalue weighted by Gasteiger charge is -2.34. The van der Waals surface area contributed by atoms with E-state index < -0.39 is 5.60 Å². The van der Waals surface area contributed by atoms with E-state index in [2.05, 4.69) is 27.4 Å². The normalized spacial score (nSPS) is 20.6. The number of aliphatic hydroxyl groups is 1. The first-order valence-electron chi connectivity index (χ1n) is 8.04. The molecule has 5 nitrogen and oxygen atoms in total. The Morgan fingerprint density at radius 1 is 1.26 bits per heavy atom. The van der Waals surface area contributed by atoms with Gasteiger partial charge in [0.25, 0.3) is 0 Å². The molecule has 3 aromatic rings. The van der Waals surface area contributed by atoms with E-state index in [4.69, 9.17) is 0 Å². The average Bonchev–Trinajstić information content (AvgIpc) is 2.99. The number of aromatic nitrogens is 3. The van der Waals surface area contributed by atoms with Gasteiger partial charge in [-0.1, -0.05) is 24.3 Å². The summed E-state index contributed by atoms with van der Waals surface area (Å²) >= 11 is 0. The molecule has 1 unspecified atom stereocenters. The SMILES string of the molecule is OC1(CNCc2cnc3cnccn23)CCCc2ccccc21. The van der Waals surface area contributed by atoms with Crippen LogP contribution in [0.25, 0.3) is 5.65 Å². The molecule has 2 N–H and O–H groups in total. The van der Waals surface area contributed by atoms with Crippen LogP contribution in [0.15, 0.2) is 49.1 Å². The van der Waals surface area contributed by atoms with Crippen molar-refractivity contribution in [3.63, 3.8) is 0 Å². The van der Waals surface area contributed by atoms with Gasteiger partial charge >= 0.3 is 0 Å². The minimum atomic E-state index is -0.781. The molecule has 118 valence electrons. The fraction of sp³-hybridized carbons (Fsp3) is 0.333.